The predicted octanol–water partition coefficient (Wildman–Crippen LogP) is 2.47. The second-order valence-electron chi connectivity index (χ2n) is 6.33. The molecule has 2 N–H and O–H groups in total. The van der Waals surface area contributed by atoms with Crippen molar-refractivity contribution in [1.82, 2.24) is 10.6 Å². The molecule has 6 nitrogen and oxygen atoms in total. The third kappa shape index (κ3) is 4.03. The van der Waals surface area contributed by atoms with Crippen LogP contribution in [0.25, 0.3) is 0 Å². The molecule has 23 heavy (non-hydrogen) atoms. The molecule has 1 amide bonds. The highest BCUT2D eigenvalue weighted by molar-refractivity contribution is 8.00. The summed E-state index contributed by atoms with van der Waals surface area (Å²) in [5, 5.41) is 17.2. The zero-order chi connectivity index (χ0) is 16.4. The fraction of sp³-hybridized carbons (Fsp3) is 0.562. The summed E-state index contributed by atoms with van der Waals surface area (Å²) in [6.45, 7) is 1.87. The number of rotatable bonds is 5. The van der Waals surface area contributed by atoms with Crippen LogP contribution in [0.3, 0.4) is 0 Å². The number of nitro benzene ring substituents is 1. The van der Waals surface area contributed by atoms with Crippen LogP contribution < -0.4 is 10.6 Å². The molecule has 1 aromatic carbocycles. The lowest BCUT2D eigenvalue weighted by molar-refractivity contribution is -0.384. The first-order valence-corrected chi connectivity index (χ1v) is 8.87. The van der Waals surface area contributed by atoms with Crippen LogP contribution in [0.5, 0.6) is 0 Å². The zero-order valence-corrected chi connectivity index (χ0v) is 13.8. The van der Waals surface area contributed by atoms with Gasteiger partial charge in [0.2, 0.25) is 5.91 Å². The Kier molecular flexibility index (Phi) is 4.87. The molecule has 124 valence electrons. The Bertz CT molecular complexity index is 581. The second kappa shape index (κ2) is 6.88. The van der Waals surface area contributed by atoms with Gasteiger partial charge in [0.1, 0.15) is 0 Å². The van der Waals surface area contributed by atoms with Crippen LogP contribution >= 0.6 is 11.8 Å². The van der Waals surface area contributed by atoms with E-state index in [9.17, 15) is 14.9 Å². The molecule has 0 aliphatic carbocycles. The van der Waals surface area contributed by atoms with Crippen molar-refractivity contribution in [3.05, 3.63) is 34.4 Å². The van der Waals surface area contributed by atoms with Crippen molar-refractivity contribution in [2.45, 2.75) is 60.9 Å². The third-order valence-corrected chi connectivity index (χ3v) is 5.66. The van der Waals surface area contributed by atoms with Crippen molar-refractivity contribution in [2.24, 2.45) is 0 Å². The summed E-state index contributed by atoms with van der Waals surface area (Å²) in [6, 6.07) is 7.69. The minimum atomic E-state index is -0.421. The van der Waals surface area contributed by atoms with Gasteiger partial charge in [-0.3, -0.25) is 14.9 Å². The molecule has 0 saturated carbocycles. The smallest absolute Gasteiger partial charge is 0.269 e. The highest BCUT2D eigenvalue weighted by atomic mass is 32.2. The first-order chi connectivity index (χ1) is 11.0. The van der Waals surface area contributed by atoms with Gasteiger partial charge in [0.05, 0.1) is 10.2 Å². The first-order valence-electron chi connectivity index (χ1n) is 7.99. The average molecular weight is 335 g/mol. The number of piperidine rings is 1. The van der Waals surface area contributed by atoms with E-state index in [2.05, 4.69) is 10.6 Å². The lowest BCUT2D eigenvalue weighted by Gasteiger charge is -2.30. The number of carbonyl (C=O) groups is 1. The average Bonchev–Trinajstić information content (AvgIpc) is 2.86. The van der Waals surface area contributed by atoms with Crippen LogP contribution in [-0.4, -0.2) is 34.2 Å². The van der Waals surface area contributed by atoms with Crippen LogP contribution in [0.15, 0.2) is 29.2 Å². The van der Waals surface area contributed by atoms with Crippen LogP contribution in [0, 0.1) is 10.1 Å². The van der Waals surface area contributed by atoms with E-state index < -0.39 is 4.92 Å². The van der Waals surface area contributed by atoms with Crippen molar-refractivity contribution >= 4 is 23.4 Å². The standard InChI is InChI=1S/C16H21N3O3S/c1-10(23-15-6-4-14(5-7-15)19(21)22)16(20)18-13-8-11-2-3-12(9-13)17-11/h4-7,10-13,17H,2-3,8-9H2,1H3,(H,18,20). The predicted molar refractivity (Wildman–Crippen MR) is 89.5 cm³/mol. The zero-order valence-electron chi connectivity index (χ0n) is 13.0. The summed E-state index contributed by atoms with van der Waals surface area (Å²) in [7, 11) is 0. The van der Waals surface area contributed by atoms with E-state index in [-0.39, 0.29) is 22.9 Å². The Morgan fingerprint density at radius 3 is 2.48 bits per heavy atom. The number of nitrogens with one attached hydrogen (secondary N) is 2. The number of fused-ring (bicyclic) bond motifs is 2. The number of benzene rings is 1. The molecule has 2 aliphatic heterocycles. The molecule has 0 spiro atoms. The molecule has 3 unspecified atom stereocenters. The molecular weight excluding hydrogens is 314 g/mol. The van der Waals surface area contributed by atoms with Gasteiger partial charge in [0.25, 0.3) is 5.69 Å². The largest absolute Gasteiger partial charge is 0.352 e. The number of thioether (sulfide) groups is 1. The molecule has 7 heteroatoms. The van der Waals surface area contributed by atoms with E-state index in [4.69, 9.17) is 0 Å². The molecular formula is C16H21N3O3S. The molecule has 0 aromatic heterocycles. The minimum Gasteiger partial charge on any atom is -0.352 e. The van der Waals surface area contributed by atoms with E-state index in [0.717, 1.165) is 17.7 Å². The van der Waals surface area contributed by atoms with Gasteiger partial charge >= 0.3 is 0 Å². The van der Waals surface area contributed by atoms with Gasteiger partial charge in [-0.15, -0.1) is 11.8 Å². The van der Waals surface area contributed by atoms with Gasteiger partial charge in [-0.05, 0) is 44.7 Å². The summed E-state index contributed by atoms with van der Waals surface area (Å²) >= 11 is 1.43. The van der Waals surface area contributed by atoms with Crippen LogP contribution in [-0.2, 0) is 4.79 Å². The van der Waals surface area contributed by atoms with Crippen molar-refractivity contribution in [3.63, 3.8) is 0 Å². The molecule has 3 atom stereocenters. The number of nitro groups is 1. The maximum Gasteiger partial charge on any atom is 0.269 e. The second-order valence-corrected chi connectivity index (χ2v) is 7.74. The maximum absolute atomic E-state index is 12.4. The summed E-state index contributed by atoms with van der Waals surface area (Å²) in [5.74, 6) is 0.0413. The first kappa shape index (κ1) is 16.3. The van der Waals surface area contributed by atoms with Crippen molar-refractivity contribution in [2.75, 3.05) is 0 Å². The van der Waals surface area contributed by atoms with Gasteiger partial charge in [0.15, 0.2) is 0 Å². The number of carbonyl (C=O) groups excluding carboxylic acids is 1. The van der Waals surface area contributed by atoms with Crippen LogP contribution in [0.4, 0.5) is 5.69 Å². The number of non-ortho nitro benzene ring substituents is 1. The monoisotopic (exact) mass is 335 g/mol. The molecule has 2 heterocycles. The topological polar surface area (TPSA) is 84.3 Å². The fourth-order valence-corrected chi connectivity index (χ4v) is 4.27. The number of hydrogen-bond donors (Lipinski definition) is 2. The Morgan fingerprint density at radius 2 is 1.91 bits per heavy atom. The molecule has 0 radical (unpaired) electrons. The van der Waals surface area contributed by atoms with Gasteiger partial charge in [-0.25, -0.2) is 0 Å². The number of hydrogen-bond acceptors (Lipinski definition) is 5. The lowest BCUT2D eigenvalue weighted by atomic mass is 10.00. The quantitative estimate of drug-likeness (QED) is 0.490. The normalized spacial score (nSPS) is 27.4. The molecule has 2 saturated heterocycles. The van der Waals surface area contributed by atoms with Gasteiger partial charge in [0, 0.05) is 35.2 Å². The van der Waals surface area contributed by atoms with E-state index in [1.165, 1.54) is 36.7 Å². The maximum atomic E-state index is 12.4. The SMILES string of the molecule is CC(Sc1ccc([N+](=O)[O-])cc1)C(=O)NC1CC2CCC(C1)N2. The van der Waals surface area contributed by atoms with E-state index in [1.54, 1.807) is 12.1 Å². The molecule has 3 rings (SSSR count). The Labute approximate surface area is 139 Å². The molecule has 2 fully saturated rings. The van der Waals surface area contributed by atoms with E-state index in [1.807, 2.05) is 6.92 Å². The molecule has 2 bridgehead atoms. The van der Waals surface area contributed by atoms with E-state index in [0.29, 0.717) is 12.1 Å². The van der Waals surface area contributed by atoms with Crippen molar-refractivity contribution < 1.29 is 9.72 Å². The lowest BCUT2D eigenvalue weighted by Crippen LogP contribution is -2.49. The Morgan fingerprint density at radius 1 is 1.30 bits per heavy atom. The van der Waals surface area contributed by atoms with Gasteiger partial charge in [-0.2, -0.15) is 0 Å². The Hall–Kier alpha value is -1.60. The highest BCUT2D eigenvalue weighted by Crippen LogP contribution is 2.28. The van der Waals surface area contributed by atoms with Gasteiger partial charge < -0.3 is 10.6 Å². The van der Waals surface area contributed by atoms with Gasteiger partial charge in [-0.1, -0.05) is 0 Å². The fourth-order valence-electron chi connectivity index (χ4n) is 3.40. The summed E-state index contributed by atoms with van der Waals surface area (Å²) in [5.41, 5.74) is 0.0663. The number of amides is 1. The van der Waals surface area contributed by atoms with Crippen LogP contribution in [0.2, 0.25) is 0 Å². The van der Waals surface area contributed by atoms with Crippen LogP contribution in [0.1, 0.15) is 32.6 Å². The Balaban J connectivity index is 1.52. The third-order valence-electron chi connectivity index (χ3n) is 4.55. The molecule has 1 aromatic rings. The minimum absolute atomic E-state index is 0.0413. The highest BCUT2D eigenvalue weighted by Gasteiger charge is 2.34. The van der Waals surface area contributed by atoms with E-state index >= 15 is 0 Å². The van der Waals surface area contributed by atoms with Crippen molar-refractivity contribution in [1.29, 1.82) is 0 Å². The summed E-state index contributed by atoms with van der Waals surface area (Å²) in [4.78, 5) is 23.5. The number of nitrogens with zero attached hydrogens (tertiary/aromatic N) is 1. The summed E-state index contributed by atoms with van der Waals surface area (Å²) < 4.78 is 0. The summed E-state index contributed by atoms with van der Waals surface area (Å²) in [6.07, 6.45) is 4.45. The molecule has 2 aliphatic rings. The van der Waals surface area contributed by atoms with Crippen molar-refractivity contribution in [3.8, 4) is 0 Å².